The molecule has 0 saturated heterocycles. The lowest BCUT2D eigenvalue weighted by atomic mass is 10.2. The summed E-state index contributed by atoms with van der Waals surface area (Å²) >= 11 is 0.872. The van der Waals surface area contributed by atoms with E-state index in [0.717, 1.165) is 23.9 Å². The molecule has 0 bridgehead atoms. The Bertz CT molecular complexity index is 797. The number of H-pyrrole nitrogens is 1. The van der Waals surface area contributed by atoms with Crippen LogP contribution in [0.15, 0.2) is 37.8 Å². The van der Waals surface area contributed by atoms with Gasteiger partial charge in [-0.25, -0.2) is 0 Å². The number of anilines is 1. The molecular weight excluding hydrogens is 309 g/mol. The van der Waals surface area contributed by atoms with Gasteiger partial charge in [-0.05, 0) is 30.0 Å². The number of nitrogens with zero attached hydrogens (tertiary/aromatic N) is 2. The van der Waals surface area contributed by atoms with Gasteiger partial charge in [0.15, 0.2) is 5.16 Å². The maximum Gasteiger partial charge on any atom is 0.416 e. The largest absolute Gasteiger partial charge is 0.416 e. The Kier molecular flexibility index (Phi) is 3.81. The highest BCUT2D eigenvalue weighted by molar-refractivity contribution is 7.99. The van der Waals surface area contributed by atoms with Crippen LogP contribution < -0.4 is 16.9 Å². The molecule has 0 atom stereocenters. The number of rotatable bonds is 2. The molecule has 3 N–H and O–H groups in total. The van der Waals surface area contributed by atoms with Gasteiger partial charge < -0.3 is 5.73 Å². The summed E-state index contributed by atoms with van der Waals surface area (Å²) in [6.07, 6.45) is -4.49. The SMILES string of the molecule is Cn1[nH]c(=O)c(=O)nc1Sc1ccc(C(F)(F)F)cc1N. The van der Waals surface area contributed by atoms with Crippen molar-refractivity contribution in [1.82, 2.24) is 14.8 Å². The number of hydrogen-bond donors (Lipinski definition) is 2. The Morgan fingerprint density at radius 3 is 2.57 bits per heavy atom. The van der Waals surface area contributed by atoms with Crippen molar-refractivity contribution in [3.63, 3.8) is 0 Å². The van der Waals surface area contributed by atoms with Crippen molar-refractivity contribution in [3.8, 4) is 0 Å². The van der Waals surface area contributed by atoms with Crippen molar-refractivity contribution < 1.29 is 13.2 Å². The Labute approximate surface area is 119 Å². The molecule has 0 aliphatic rings. The normalized spacial score (nSPS) is 11.6. The predicted octanol–water partition coefficient (Wildman–Crippen LogP) is 1.22. The molecule has 112 valence electrons. The van der Waals surface area contributed by atoms with Crippen LogP contribution in [0.5, 0.6) is 0 Å². The summed E-state index contributed by atoms with van der Waals surface area (Å²) in [6, 6.07) is 2.86. The van der Waals surface area contributed by atoms with Crippen LogP contribution in [0.25, 0.3) is 0 Å². The maximum atomic E-state index is 12.5. The number of nitrogens with two attached hydrogens (primary N) is 1. The van der Waals surface area contributed by atoms with Gasteiger partial charge >= 0.3 is 17.3 Å². The van der Waals surface area contributed by atoms with Gasteiger partial charge in [-0.2, -0.15) is 18.2 Å². The zero-order valence-corrected chi connectivity index (χ0v) is 11.4. The molecule has 0 fully saturated rings. The number of hydrogen-bond acceptors (Lipinski definition) is 5. The lowest BCUT2D eigenvalue weighted by molar-refractivity contribution is -0.137. The van der Waals surface area contributed by atoms with E-state index in [9.17, 15) is 22.8 Å². The second-order valence-corrected chi connectivity index (χ2v) is 5.06. The standard InChI is InChI=1S/C11H9F3N4O2S/c1-18-10(16-8(19)9(20)17-18)21-7-3-2-5(4-6(7)15)11(12,13)14/h2-4H,15H2,1H3,(H,17,20). The summed E-state index contributed by atoms with van der Waals surface area (Å²) in [5.74, 6) is 0. The first-order valence-electron chi connectivity index (χ1n) is 5.50. The van der Waals surface area contributed by atoms with Crippen LogP contribution in [0, 0.1) is 0 Å². The van der Waals surface area contributed by atoms with E-state index in [2.05, 4.69) is 10.1 Å². The lowest BCUT2D eigenvalue weighted by Gasteiger charge is -2.11. The minimum Gasteiger partial charge on any atom is -0.398 e. The van der Waals surface area contributed by atoms with Crippen molar-refractivity contribution in [2.45, 2.75) is 16.2 Å². The van der Waals surface area contributed by atoms with E-state index in [-0.39, 0.29) is 15.7 Å². The number of nitrogens with one attached hydrogen (secondary N) is 1. The number of aromatic nitrogens is 3. The highest BCUT2D eigenvalue weighted by atomic mass is 32.2. The third-order valence-electron chi connectivity index (χ3n) is 2.49. The van der Waals surface area contributed by atoms with Gasteiger partial charge in [-0.3, -0.25) is 19.4 Å². The molecule has 2 rings (SSSR count). The maximum absolute atomic E-state index is 12.5. The van der Waals surface area contributed by atoms with Crippen molar-refractivity contribution in [3.05, 3.63) is 44.5 Å². The molecule has 0 saturated carbocycles. The molecule has 2 aromatic rings. The number of benzene rings is 1. The number of nitrogen functional groups attached to an aromatic ring is 1. The zero-order chi connectivity index (χ0) is 15.8. The quantitative estimate of drug-likeness (QED) is 0.641. The summed E-state index contributed by atoms with van der Waals surface area (Å²) in [4.78, 5) is 26.1. The first kappa shape index (κ1) is 15.2. The average molecular weight is 318 g/mol. The molecule has 0 aliphatic carbocycles. The van der Waals surface area contributed by atoms with Gasteiger partial charge in [0.2, 0.25) is 0 Å². The molecule has 1 aromatic heterocycles. The van der Waals surface area contributed by atoms with Gasteiger partial charge in [0, 0.05) is 17.6 Å². The van der Waals surface area contributed by atoms with E-state index < -0.39 is 22.9 Å². The second kappa shape index (κ2) is 5.28. The molecule has 0 unspecified atom stereocenters. The zero-order valence-electron chi connectivity index (χ0n) is 10.6. The third-order valence-corrected chi connectivity index (χ3v) is 3.63. The second-order valence-electron chi connectivity index (χ2n) is 4.05. The molecule has 21 heavy (non-hydrogen) atoms. The fourth-order valence-corrected chi connectivity index (χ4v) is 2.29. The van der Waals surface area contributed by atoms with Gasteiger partial charge in [0.05, 0.1) is 5.56 Å². The van der Waals surface area contributed by atoms with E-state index in [0.29, 0.717) is 0 Å². The van der Waals surface area contributed by atoms with Gasteiger partial charge in [-0.1, -0.05) is 0 Å². The first-order valence-corrected chi connectivity index (χ1v) is 6.32. The first-order chi connectivity index (χ1) is 9.68. The molecule has 1 aromatic carbocycles. The topological polar surface area (TPSA) is 93.8 Å². The molecule has 0 radical (unpaired) electrons. The van der Waals surface area contributed by atoms with Gasteiger partial charge in [0.25, 0.3) is 0 Å². The molecule has 0 amide bonds. The Balaban J connectivity index is 2.39. The predicted molar refractivity (Wildman–Crippen MR) is 70.1 cm³/mol. The van der Waals surface area contributed by atoms with E-state index in [1.807, 2.05) is 0 Å². The molecule has 10 heteroatoms. The van der Waals surface area contributed by atoms with Gasteiger partial charge in [-0.15, -0.1) is 0 Å². The third kappa shape index (κ3) is 3.27. The van der Waals surface area contributed by atoms with E-state index in [4.69, 9.17) is 5.73 Å². The van der Waals surface area contributed by atoms with Crippen molar-refractivity contribution in [1.29, 1.82) is 0 Å². The number of alkyl halides is 3. The summed E-state index contributed by atoms with van der Waals surface area (Å²) < 4.78 is 38.8. The summed E-state index contributed by atoms with van der Waals surface area (Å²) in [5.41, 5.74) is 2.73. The summed E-state index contributed by atoms with van der Waals surface area (Å²) in [7, 11) is 1.44. The number of aryl methyl sites for hydroxylation is 1. The molecule has 0 aliphatic heterocycles. The lowest BCUT2D eigenvalue weighted by Crippen LogP contribution is -2.33. The van der Waals surface area contributed by atoms with Crippen LogP contribution in [0.3, 0.4) is 0 Å². The van der Waals surface area contributed by atoms with Crippen molar-refractivity contribution in [2.24, 2.45) is 7.05 Å². The Morgan fingerprint density at radius 1 is 1.33 bits per heavy atom. The van der Waals surface area contributed by atoms with Crippen LogP contribution >= 0.6 is 11.8 Å². The fraction of sp³-hybridized carbons (Fsp3) is 0.182. The Morgan fingerprint density at radius 2 is 2.00 bits per heavy atom. The Hall–Kier alpha value is -2.23. The van der Waals surface area contributed by atoms with Crippen LogP contribution in [0.1, 0.15) is 5.56 Å². The van der Waals surface area contributed by atoms with E-state index >= 15 is 0 Å². The van der Waals surface area contributed by atoms with E-state index in [1.54, 1.807) is 0 Å². The van der Waals surface area contributed by atoms with Crippen LogP contribution in [0.2, 0.25) is 0 Å². The smallest absolute Gasteiger partial charge is 0.398 e. The van der Waals surface area contributed by atoms with Gasteiger partial charge in [0.1, 0.15) is 0 Å². The van der Waals surface area contributed by atoms with Crippen molar-refractivity contribution >= 4 is 17.4 Å². The number of halogens is 3. The summed E-state index contributed by atoms with van der Waals surface area (Å²) in [5, 5.41) is 2.33. The van der Waals surface area contributed by atoms with Crippen molar-refractivity contribution in [2.75, 3.05) is 5.73 Å². The molecular formula is C11H9F3N4O2S. The minimum absolute atomic E-state index is 0.102. The summed E-state index contributed by atoms with van der Waals surface area (Å²) in [6.45, 7) is 0. The van der Waals surface area contributed by atoms with E-state index in [1.165, 1.54) is 17.8 Å². The van der Waals surface area contributed by atoms with Crippen LogP contribution in [-0.4, -0.2) is 14.8 Å². The minimum atomic E-state index is -4.49. The fourth-order valence-electron chi connectivity index (χ4n) is 1.47. The van der Waals surface area contributed by atoms with Crippen LogP contribution in [-0.2, 0) is 13.2 Å². The molecule has 0 spiro atoms. The average Bonchev–Trinajstić information content (AvgIpc) is 2.36. The molecule has 6 nitrogen and oxygen atoms in total. The monoisotopic (exact) mass is 318 g/mol. The molecule has 1 heterocycles. The highest BCUT2D eigenvalue weighted by Gasteiger charge is 2.30. The van der Waals surface area contributed by atoms with Crippen LogP contribution in [0.4, 0.5) is 18.9 Å². The number of aromatic amines is 1. The highest BCUT2D eigenvalue weighted by Crippen LogP contribution is 2.35.